The number of nitrogens with one attached hydrogen (secondary N) is 1. The second kappa shape index (κ2) is 3.15. The van der Waals surface area contributed by atoms with E-state index in [0.717, 1.165) is 25.1 Å². The minimum Gasteiger partial charge on any atom is -0.367 e. The van der Waals surface area contributed by atoms with Crippen molar-refractivity contribution < 1.29 is 13.2 Å². The van der Waals surface area contributed by atoms with Gasteiger partial charge in [-0.15, -0.1) is 0 Å². The van der Waals surface area contributed by atoms with Crippen molar-refractivity contribution in [3.8, 4) is 0 Å². The molecule has 0 spiro atoms. The van der Waals surface area contributed by atoms with Crippen LogP contribution in [0.2, 0.25) is 0 Å². The predicted molar refractivity (Wildman–Crippen MR) is 45.9 cm³/mol. The van der Waals surface area contributed by atoms with Gasteiger partial charge in [-0.2, -0.15) is 13.2 Å². The molecule has 1 aliphatic rings. The highest BCUT2D eigenvalue weighted by molar-refractivity contribution is 5.38. The highest BCUT2D eigenvalue weighted by Gasteiger charge is 2.30. The van der Waals surface area contributed by atoms with Crippen LogP contribution in [0.25, 0.3) is 0 Å². The fourth-order valence-electron chi connectivity index (χ4n) is 1.08. The third-order valence-corrected chi connectivity index (χ3v) is 2.02. The van der Waals surface area contributed by atoms with Crippen LogP contribution < -0.4 is 5.32 Å². The predicted octanol–water partition coefficient (Wildman–Crippen LogP) is 2.67. The molecule has 1 aliphatic carbocycles. The summed E-state index contributed by atoms with van der Waals surface area (Å²) in [6.07, 6.45) is -1.30. The average molecular weight is 202 g/mol. The van der Waals surface area contributed by atoms with Crippen LogP contribution in [0.5, 0.6) is 0 Å². The number of aromatic nitrogens is 1. The maximum atomic E-state index is 12.1. The Hall–Kier alpha value is -1.26. The third-order valence-electron chi connectivity index (χ3n) is 2.02. The van der Waals surface area contributed by atoms with Crippen LogP contribution in [0.3, 0.4) is 0 Å². The van der Waals surface area contributed by atoms with Crippen molar-refractivity contribution in [1.29, 1.82) is 0 Å². The molecular weight excluding hydrogens is 193 g/mol. The van der Waals surface area contributed by atoms with Crippen LogP contribution in [0, 0.1) is 0 Å². The lowest BCUT2D eigenvalue weighted by molar-refractivity contribution is -0.137. The van der Waals surface area contributed by atoms with Crippen LogP contribution in [-0.2, 0) is 6.18 Å². The fraction of sp³-hybridized carbons (Fsp3) is 0.444. The molecule has 0 amide bonds. The van der Waals surface area contributed by atoms with Crippen LogP contribution in [0.1, 0.15) is 18.4 Å². The van der Waals surface area contributed by atoms with Crippen molar-refractivity contribution in [2.45, 2.75) is 25.1 Å². The first-order valence-electron chi connectivity index (χ1n) is 4.35. The Morgan fingerprint density at radius 3 is 2.43 bits per heavy atom. The van der Waals surface area contributed by atoms with Gasteiger partial charge in [-0.3, -0.25) is 0 Å². The lowest BCUT2D eigenvalue weighted by Crippen LogP contribution is -2.07. The second-order valence-electron chi connectivity index (χ2n) is 3.35. The zero-order valence-corrected chi connectivity index (χ0v) is 7.30. The van der Waals surface area contributed by atoms with Crippen molar-refractivity contribution >= 4 is 5.82 Å². The van der Waals surface area contributed by atoms with E-state index in [2.05, 4.69) is 10.3 Å². The molecule has 1 aromatic rings. The lowest BCUT2D eigenvalue weighted by atomic mass is 10.3. The number of pyridine rings is 1. The Morgan fingerprint density at radius 2 is 2.00 bits per heavy atom. The minimum atomic E-state index is -4.30. The fourth-order valence-corrected chi connectivity index (χ4v) is 1.08. The van der Waals surface area contributed by atoms with Crippen LogP contribution in [0.4, 0.5) is 19.0 Å². The summed E-state index contributed by atoms with van der Waals surface area (Å²) >= 11 is 0. The van der Waals surface area contributed by atoms with E-state index in [9.17, 15) is 13.2 Å². The molecule has 0 aliphatic heterocycles. The highest BCUT2D eigenvalue weighted by atomic mass is 19.4. The first-order chi connectivity index (χ1) is 6.55. The zero-order valence-electron chi connectivity index (χ0n) is 7.30. The smallest absolute Gasteiger partial charge is 0.367 e. The van der Waals surface area contributed by atoms with Crippen molar-refractivity contribution in [1.82, 2.24) is 4.98 Å². The van der Waals surface area contributed by atoms with E-state index >= 15 is 0 Å². The molecule has 0 unspecified atom stereocenters. The third kappa shape index (κ3) is 2.16. The SMILES string of the molecule is FC(F)(F)c1ccc(NC2CC2)nc1. The molecule has 76 valence electrons. The van der Waals surface area contributed by atoms with Crippen LogP contribution in [0.15, 0.2) is 18.3 Å². The molecule has 5 heteroatoms. The van der Waals surface area contributed by atoms with Crippen molar-refractivity contribution in [2.75, 3.05) is 5.32 Å². The second-order valence-corrected chi connectivity index (χ2v) is 3.35. The Labute approximate surface area is 79.2 Å². The number of alkyl halides is 3. The molecule has 0 bridgehead atoms. The lowest BCUT2D eigenvalue weighted by Gasteiger charge is -2.07. The van der Waals surface area contributed by atoms with E-state index < -0.39 is 11.7 Å². The Balaban J connectivity index is 2.08. The Morgan fingerprint density at radius 1 is 1.29 bits per heavy atom. The normalized spacial score (nSPS) is 16.8. The summed E-state index contributed by atoms with van der Waals surface area (Å²) in [6, 6.07) is 2.80. The highest BCUT2D eigenvalue weighted by Crippen LogP contribution is 2.29. The molecule has 2 nitrogen and oxygen atoms in total. The van der Waals surface area contributed by atoms with Gasteiger partial charge in [-0.25, -0.2) is 4.98 Å². The number of hydrogen-bond acceptors (Lipinski definition) is 2. The summed E-state index contributed by atoms with van der Waals surface area (Å²) in [4.78, 5) is 3.69. The quantitative estimate of drug-likeness (QED) is 0.797. The molecule has 1 fully saturated rings. The van der Waals surface area contributed by atoms with E-state index in [0.29, 0.717) is 11.9 Å². The molecule has 1 heterocycles. The molecule has 0 aromatic carbocycles. The summed E-state index contributed by atoms with van der Waals surface area (Å²) in [5.41, 5.74) is -0.709. The van der Waals surface area contributed by atoms with Gasteiger partial charge in [0.1, 0.15) is 5.82 Å². The molecule has 1 aromatic heterocycles. The van der Waals surface area contributed by atoms with Gasteiger partial charge < -0.3 is 5.32 Å². The minimum absolute atomic E-state index is 0.402. The van der Waals surface area contributed by atoms with E-state index in [1.54, 1.807) is 0 Å². The van der Waals surface area contributed by atoms with Crippen molar-refractivity contribution in [3.63, 3.8) is 0 Å². The standard InChI is InChI=1S/C9H9F3N2/c10-9(11,12)6-1-4-8(13-5-6)14-7-2-3-7/h1,4-5,7H,2-3H2,(H,13,14). The first-order valence-corrected chi connectivity index (χ1v) is 4.35. The summed E-state index contributed by atoms with van der Waals surface area (Å²) in [7, 11) is 0. The summed E-state index contributed by atoms with van der Waals surface area (Å²) in [6.45, 7) is 0. The molecule has 0 saturated heterocycles. The first kappa shape index (κ1) is 9.30. The van der Waals surface area contributed by atoms with E-state index in [1.165, 1.54) is 6.07 Å². The number of rotatable bonds is 2. The van der Waals surface area contributed by atoms with Gasteiger partial charge in [0.15, 0.2) is 0 Å². The van der Waals surface area contributed by atoms with Gasteiger partial charge in [0, 0.05) is 12.2 Å². The molecule has 14 heavy (non-hydrogen) atoms. The Kier molecular flexibility index (Phi) is 2.09. The molecule has 1 N–H and O–H groups in total. The number of hydrogen-bond donors (Lipinski definition) is 1. The maximum absolute atomic E-state index is 12.1. The van der Waals surface area contributed by atoms with E-state index in [1.807, 2.05) is 0 Å². The van der Waals surface area contributed by atoms with E-state index in [-0.39, 0.29) is 0 Å². The zero-order chi connectivity index (χ0) is 10.2. The monoisotopic (exact) mass is 202 g/mol. The van der Waals surface area contributed by atoms with Crippen molar-refractivity contribution in [3.05, 3.63) is 23.9 Å². The van der Waals surface area contributed by atoms with Gasteiger partial charge >= 0.3 is 6.18 Å². The van der Waals surface area contributed by atoms with Crippen molar-refractivity contribution in [2.24, 2.45) is 0 Å². The van der Waals surface area contributed by atoms with Crippen LogP contribution >= 0.6 is 0 Å². The average Bonchev–Trinajstić information content (AvgIpc) is 2.88. The van der Waals surface area contributed by atoms with Gasteiger partial charge in [0.05, 0.1) is 5.56 Å². The molecule has 0 radical (unpaired) electrons. The van der Waals surface area contributed by atoms with Crippen LogP contribution in [-0.4, -0.2) is 11.0 Å². The van der Waals surface area contributed by atoms with Gasteiger partial charge in [-0.1, -0.05) is 0 Å². The summed E-state index contributed by atoms with van der Waals surface area (Å²) in [5, 5.41) is 3.02. The number of halogens is 3. The summed E-state index contributed by atoms with van der Waals surface area (Å²) < 4.78 is 36.4. The van der Waals surface area contributed by atoms with Gasteiger partial charge in [0.25, 0.3) is 0 Å². The maximum Gasteiger partial charge on any atom is 0.417 e. The van der Waals surface area contributed by atoms with Gasteiger partial charge in [0.2, 0.25) is 0 Å². The molecule has 0 atom stereocenters. The number of anilines is 1. The Bertz CT molecular complexity index is 314. The molecular formula is C9H9F3N2. The van der Waals surface area contributed by atoms with Gasteiger partial charge in [-0.05, 0) is 25.0 Å². The topological polar surface area (TPSA) is 24.9 Å². The molecule has 2 rings (SSSR count). The van der Waals surface area contributed by atoms with E-state index in [4.69, 9.17) is 0 Å². The number of nitrogens with zero attached hydrogens (tertiary/aromatic N) is 1. The molecule has 1 saturated carbocycles. The summed E-state index contributed by atoms with van der Waals surface area (Å²) in [5.74, 6) is 0.514. The largest absolute Gasteiger partial charge is 0.417 e.